The highest BCUT2D eigenvalue weighted by molar-refractivity contribution is 6.09. The number of para-hydroxylation sites is 2. The summed E-state index contributed by atoms with van der Waals surface area (Å²) in [6, 6.07) is 91.9. The van der Waals surface area contributed by atoms with Gasteiger partial charge in [-0.2, -0.15) is 0 Å². The predicted molar refractivity (Wildman–Crippen MR) is 263 cm³/mol. The molecule has 2 nitrogen and oxygen atoms in total. The molecule has 0 bridgehead atoms. The summed E-state index contributed by atoms with van der Waals surface area (Å²) in [6.45, 7) is 0. The Kier molecular flexibility index (Phi) is 9.57. The Morgan fingerprint density at radius 2 is 0.516 bits per heavy atom. The minimum absolute atomic E-state index is 1.09. The maximum atomic E-state index is 2.37. The molecule has 0 N–H and O–H groups in total. The average molecular weight is 791 g/mol. The third-order valence-electron chi connectivity index (χ3n) is 12.0. The quantitative estimate of drug-likeness (QED) is 0.141. The SMILES string of the molecule is c1ccc(-c2ccc(N(c3ccc(-c4ccc(-n5c6ccccc6c6ccccc65)cc4)cc3)c3ccc(-c4cccc(-c5cccc(-c6ccccc6)c5)c4)cc3)cc2)cc1. The van der Waals surface area contributed by atoms with Crippen LogP contribution in [0.2, 0.25) is 0 Å². The number of nitrogens with zero attached hydrogens (tertiary/aromatic N) is 2. The van der Waals surface area contributed by atoms with E-state index in [4.69, 9.17) is 0 Å². The Morgan fingerprint density at radius 3 is 0.935 bits per heavy atom. The van der Waals surface area contributed by atoms with E-state index in [1.165, 1.54) is 77.4 Å². The van der Waals surface area contributed by atoms with E-state index >= 15 is 0 Å². The molecule has 2 heteroatoms. The minimum atomic E-state index is 1.09. The lowest BCUT2D eigenvalue weighted by Crippen LogP contribution is -2.09. The molecule has 1 heterocycles. The van der Waals surface area contributed by atoms with Crippen LogP contribution in [0.1, 0.15) is 0 Å². The molecule has 11 aromatic rings. The van der Waals surface area contributed by atoms with Crippen molar-refractivity contribution in [3.05, 3.63) is 255 Å². The van der Waals surface area contributed by atoms with E-state index in [0.717, 1.165) is 22.7 Å². The predicted octanol–water partition coefficient (Wildman–Crippen LogP) is 16.6. The highest BCUT2D eigenvalue weighted by Gasteiger charge is 2.15. The molecule has 0 spiro atoms. The van der Waals surface area contributed by atoms with Crippen molar-refractivity contribution in [2.75, 3.05) is 4.90 Å². The number of fused-ring (bicyclic) bond motifs is 3. The van der Waals surface area contributed by atoms with Gasteiger partial charge in [-0.3, -0.25) is 0 Å². The molecule has 0 aliphatic heterocycles. The van der Waals surface area contributed by atoms with E-state index in [1.54, 1.807) is 0 Å². The molecule has 0 saturated carbocycles. The van der Waals surface area contributed by atoms with Crippen molar-refractivity contribution >= 4 is 38.9 Å². The Balaban J connectivity index is 0.908. The number of anilines is 3. The molecule has 0 aliphatic carbocycles. The van der Waals surface area contributed by atoms with E-state index in [9.17, 15) is 0 Å². The van der Waals surface area contributed by atoms with Crippen molar-refractivity contribution in [1.82, 2.24) is 4.57 Å². The summed E-state index contributed by atoms with van der Waals surface area (Å²) < 4.78 is 2.37. The molecular formula is C60H42N2. The molecule has 0 saturated heterocycles. The Morgan fingerprint density at radius 1 is 0.226 bits per heavy atom. The summed E-state index contributed by atoms with van der Waals surface area (Å²) >= 11 is 0. The van der Waals surface area contributed by atoms with Gasteiger partial charge in [-0.15, -0.1) is 0 Å². The summed E-state index contributed by atoms with van der Waals surface area (Å²) in [5, 5.41) is 2.54. The second-order valence-corrected chi connectivity index (χ2v) is 15.8. The first-order valence-corrected chi connectivity index (χ1v) is 21.2. The first kappa shape index (κ1) is 36.8. The molecule has 0 aliphatic rings. The van der Waals surface area contributed by atoms with Crippen LogP contribution < -0.4 is 4.90 Å². The lowest BCUT2D eigenvalue weighted by molar-refractivity contribution is 1.18. The maximum Gasteiger partial charge on any atom is 0.0541 e. The van der Waals surface area contributed by atoms with E-state index in [2.05, 4.69) is 264 Å². The fraction of sp³-hybridized carbons (Fsp3) is 0. The van der Waals surface area contributed by atoms with Gasteiger partial charge in [0.05, 0.1) is 11.0 Å². The van der Waals surface area contributed by atoms with Crippen LogP contribution in [0.15, 0.2) is 255 Å². The Bertz CT molecular complexity index is 3240. The summed E-state index contributed by atoms with van der Waals surface area (Å²) in [6.07, 6.45) is 0. The zero-order chi connectivity index (χ0) is 41.2. The van der Waals surface area contributed by atoms with Gasteiger partial charge >= 0.3 is 0 Å². The van der Waals surface area contributed by atoms with Crippen molar-refractivity contribution < 1.29 is 0 Å². The van der Waals surface area contributed by atoms with Gasteiger partial charge in [-0.05, 0) is 128 Å². The van der Waals surface area contributed by atoms with E-state index < -0.39 is 0 Å². The third-order valence-corrected chi connectivity index (χ3v) is 12.0. The molecule has 11 rings (SSSR count). The summed E-state index contributed by atoms with van der Waals surface area (Å²) in [4.78, 5) is 2.35. The number of aromatic nitrogens is 1. The van der Waals surface area contributed by atoms with E-state index in [1.807, 2.05) is 0 Å². The standard InChI is InChI=1S/C60H42N2/c1-3-13-43(14-4-1)45-25-33-53(34-26-45)61(55-37-31-48(32-38-55)50-18-12-20-52(42-50)51-19-11-17-49(41-51)44-15-5-2-6-16-44)54-35-27-46(28-36-54)47-29-39-56(40-30-47)62-59-23-9-7-21-57(59)58-22-8-10-24-60(58)62/h1-42H. The molecular weight excluding hydrogens is 749 g/mol. The summed E-state index contributed by atoms with van der Waals surface area (Å²) in [7, 11) is 0. The van der Waals surface area contributed by atoms with Crippen LogP contribution in [-0.2, 0) is 0 Å². The van der Waals surface area contributed by atoms with Gasteiger partial charge < -0.3 is 9.47 Å². The highest BCUT2D eigenvalue weighted by Crippen LogP contribution is 2.39. The van der Waals surface area contributed by atoms with Crippen molar-refractivity contribution in [3.63, 3.8) is 0 Å². The van der Waals surface area contributed by atoms with Gasteiger partial charge in [0.25, 0.3) is 0 Å². The first-order valence-electron chi connectivity index (χ1n) is 21.2. The van der Waals surface area contributed by atoms with Crippen LogP contribution in [0, 0.1) is 0 Å². The van der Waals surface area contributed by atoms with Crippen molar-refractivity contribution in [1.29, 1.82) is 0 Å². The fourth-order valence-electron chi connectivity index (χ4n) is 8.88. The summed E-state index contributed by atoms with van der Waals surface area (Å²) in [5.74, 6) is 0. The molecule has 0 radical (unpaired) electrons. The Hall–Kier alpha value is -8.20. The number of hydrogen-bond donors (Lipinski definition) is 0. The lowest BCUT2D eigenvalue weighted by atomic mass is 9.96. The topological polar surface area (TPSA) is 8.17 Å². The molecule has 0 amide bonds. The van der Waals surface area contributed by atoms with Crippen LogP contribution in [0.25, 0.3) is 83.1 Å². The molecule has 292 valence electrons. The van der Waals surface area contributed by atoms with E-state index in [0.29, 0.717) is 0 Å². The largest absolute Gasteiger partial charge is 0.311 e. The molecule has 62 heavy (non-hydrogen) atoms. The molecule has 0 unspecified atom stereocenters. The Labute approximate surface area is 362 Å². The normalized spacial score (nSPS) is 11.2. The monoisotopic (exact) mass is 790 g/mol. The van der Waals surface area contributed by atoms with Gasteiger partial charge in [0.2, 0.25) is 0 Å². The second-order valence-electron chi connectivity index (χ2n) is 15.8. The smallest absolute Gasteiger partial charge is 0.0541 e. The molecule has 0 atom stereocenters. The highest BCUT2D eigenvalue weighted by atomic mass is 15.1. The van der Waals surface area contributed by atoms with Crippen LogP contribution in [0.4, 0.5) is 17.1 Å². The van der Waals surface area contributed by atoms with Gasteiger partial charge in [-0.25, -0.2) is 0 Å². The van der Waals surface area contributed by atoms with Gasteiger partial charge in [0.15, 0.2) is 0 Å². The zero-order valence-corrected chi connectivity index (χ0v) is 34.1. The number of benzene rings is 10. The summed E-state index contributed by atoms with van der Waals surface area (Å²) in [5.41, 5.74) is 18.8. The van der Waals surface area contributed by atoms with Gasteiger partial charge in [0, 0.05) is 33.5 Å². The maximum absolute atomic E-state index is 2.37. The lowest BCUT2D eigenvalue weighted by Gasteiger charge is -2.26. The average Bonchev–Trinajstić information content (AvgIpc) is 3.70. The van der Waals surface area contributed by atoms with Crippen LogP contribution in [0.5, 0.6) is 0 Å². The van der Waals surface area contributed by atoms with Crippen LogP contribution in [0.3, 0.4) is 0 Å². The third kappa shape index (κ3) is 7.04. The molecule has 1 aromatic heterocycles. The van der Waals surface area contributed by atoms with Crippen LogP contribution >= 0.6 is 0 Å². The van der Waals surface area contributed by atoms with Crippen molar-refractivity contribution in [2.24, 2.45) is 0 Å². The zero-order valence-electron chi connectivity index (χ0n) is 34.1. The molecule has 0 fully saturated rings. The van der Waals surface area contributed by atoms with Gasteiger partial charge in [0.1, 0.15) is 0 Å². The minimum Gasteiger partial charge on any atom is -0.311 e. The van der Waals surface area contributed by atoms with Crippen molar-refractivity contribution in [2.45, 2.75) is 0 Å². The van der Waals surface area contributed by atoms with Crippen molar-refractivity contribution in [3.8, 4) is 61.3 Å². The number of hydrogen-bond acceptors (Lipinski definition) is 1. The second kappa shape index (κ2) is 16.1. The van der Waals surface area contributed by atoms with E-state index in [-0.39, 0.29) is 0 Å². The molecule has 10 aromatic carbocycles. The first-order chi connectivity index (χ1) is 30.7. The van der Waals surface area contributed by atoms with Gasteiger partial charge in [-0.1, -0.05) is 182 Å². The number of rotatable bonds is 9. The van der Waals surface area contributed by atoms with Crippen LogP contribution in [-0.4, -0.2) is 4.57 Å². The fourth-order valence-corrected chi connectivity index (χ4v) is 8.88.